The summed E-state index contributed by atoms with van der Waals surface area (Å²) in [6.45, 7) is 2.05. The number of hydrogen-bond donors (Lipinski definition) is 3. The molecule has 2 unspecified atom stereocenters. The summed E-state index contributed by atoms with van der Waals surface area (Å²) in [4.78, 5) is 18.7. The lowest BCUT2D eigenvalue weighted by molar-refractivity contribution is 0.209. The number of aromatic amines is 1. The van der Waals surface area contributed by atoms with Gasteiger partial charge in [0.2, 0.25) is 5.95 Å². The smallest absolute Gasteiger partial charge is 0.411 e. The molecule has 1 amide bonds. The summed E-state index contributed by atoms with van der Waals surface area (Å²) in [5.74, 6) is 1.69. The third-order valence-electron chi connectivity index (χ3n) is 3.70. The zero-order chi connectivity index (χ0) is 15.2. The molecule has 1 aliphatic carbocycles. The van der Waals surface area contributed by atoms with Gasteiger partial charge < -0.3 is 10.1 Å². The third-order valence-corrected chi connectivity index (χ3v) is 6.07. The van der Waals surface area contributed by atoms with E-state index >= 15 is 0 Å². The standard InChI is InChI=1S/C13H13Cl2N3O2S/c1-6-8(13(6,14)15)5-21-7-2-3-9-10(4-7)17-11(16-9)18-12(19)20/h2-4,6,8H,5H2,1H3,(H,19,20)(H2,16,17,18). The van der Waals surface area contributed by atoms with Gasteiger partial charge in [-0.1, -0.05) is 6.92 Å². The average Bonchev–Trinajstić information content (AvgIpc) is 2.72. The quantitative estimate of drug-likeness (QED) is 0.573. The molecule has 21 heavy (non-hydrogen) atoms. The lowest BCUT2D eigenvalue weighted by atomic mass is 10.3. The Morgan fingerprint density at radius 1 is 1.57 bits per heavy atom. The summed E-state index contributed by atoms with van der Waals surface area (Å²) in [5.41, 5.74) is 1.50. The molecule has 0 bridgehead atoms. The van der Waals surface area contributed by atoms with Gasteiger partial charge in [-0.15, -0.1) is 35.0 Å². The van der Waals surface area contributed by atoms with Crippen LogP contribution in [-0.4, -0.2) is 31.3 Å². The number of hydrogen-bond acceptors (Lipinski definition) is 3. The molecule has 0 radical (unpaired) electrons. The maximum Gasteiger partial charge on any atom is 0.411 e. The predicted octanol–water partition coefficient (Wildman–Crippen LogP) is 4.18. The van der Waals surface area contributed by atoms with Gasteiger partial charge in [0.05, 0.1) is 11.0 Å². The molecule has 2 atom stereocenters. The van der Waals surface area contributed by atoms with Crippen LogP contribution in [0.3, 0.4) is 0 Å². The molecule has 1 aliphatic rings. The number of aromatic nitrogens is 2. The number of H-pyrrole nitrogens is 1. The minimum absolute atomic E-state index is 0.219. The van der Waals surface area contributed by atoms with E-state index < -0.39 is 10.4 Å². The van der Waals surface area contributed by atoms with E-state index in [-0.39, 0.29) is 5.95 Å². The second kappa shape index (κ2) is 5.26. The van der Waals surface area contributed by atoms with Crippen molar-refractivity contribution >= 4 is 58.0 Å². The first-order valence-corrected chi connectivity index (χ1v) is 8.12. The number of alkyl halides is 2. The average molecular weight is 346 g/mol. The Morgan fingerprint density at radius 2 is 2.29 bits per heavy atom. The van der Waals surface area contributed by atoms with Crippen LogP contribution in [0.4, 0.5) is 10.7 Å². The Morgan fingerprint density at radius 3 is 2.90 bits per heavy atom. The highest BCUT2D eigenvalue weighted by atomic mass is 35.5. The van der Waals surface area contributed by atoms with Crippen LogP contribution in [0.5, 0.6) is 0 Å². The monoisotopic (exact) mass is 345 g/mol. The number of nitrogens with zero attached hydrogens (tertiary/aromatic N) is 1. The van der Waals surface area contributed by atoms with Crippen LogP contribution < -0.4 is 5.32 Å². The highest BCUT2D eigenvalue weighted by Gasteiger charge is 2.59. The summed E-state index contributed by atoms with van der Waals surface area (Å²) in [7, 11) is 0. The van der Waals surface area contributed by atoms with Crippen molar-refractivity contribution in [3.05, 3.63) is 18.2 Å². The highest BCUT2D eigenvalue weighted by molar-refractivity contribution is 7.99. The van der Waals surface area contributed by atoms with Gasteiger partial charge in [0.1, 0.15) is 4.33 Å². The van der Waals surface area contributed by atoms with Gasteiger partial charge in [-0.05, 0) is 24.1 Å². The van der Waals surface area contributed by atoms with Crippen molar-refractivity contribution < 1.29 is 9.90 Å². The van der Waals surface area contributed by atoms with Crippen LogP contribution in [0, 0.1) is 11.8 Å². The first-order valence-electron chi connectivity index (χ1n) is 6.38. The van der Waals surface area contributed by atoms with Gasteiger partial charge >= 0.3 is 6.09 Å². The van der Waals surface area contributed by atoms with Crippen molar-refractivity contribution in [2.75, 3.05) is 11.1 Å². The minimum atomic E-state index is -1.15. The summed E-state index contributed by atoms with van der Waals surface area (Å²) in [6.07, 6.45) is -1.15. The first-order chi connectivity index (χ1) is 9.88. The molecule has 1 saturated carbocycles. The van der Waals surface area contributed by atoms with E-state index in [4.69, 9.17) is 28.3 Å². The zero-order valence-electron chi connectivity index (χ0n) is 11.1. The zero-order valence-corrected chi connectivity index (χ0v) is 13.4. The number of benzene rings is 1. The Kier molecular flexibility index (Phi) is 3.71. The van der Waals surface area contributed by atoms with Crippen molar-refractivity contribution in [3.8, 4) is 0 Å². The Balaban J connectivity index is 1.71. The van der Waals surface area contributed by atoms with Crippen LogP contribution in [0.1, 0.15) is 6.92 Å². The van der Waals surface area contributed by atoms with Crippen molar-refractivity contribution in [2.45, 2.75) is 16.2 Å². The molecule has 1 aromatic carbocycles. The van der Waals surface area contributed by atoms with Gasteiger partial charge in [-0.2, -0.15) is 0 Å². The van der Waals surface area contributed by atoms with E-state index in [2.05, 4.69) is 15.3 Å². The number of anilines is 1. The largest absolute Gasteiger partial charge is 0.465 e. The van der Waals surface area contributed by atoms with Gasteiger partial charge in [0.25, 0.3) is 0 Å². The molecular weight excluding hydrogens is 333 g/mol. The Hall–Kier alpha value is -1.11. The number of nitrogens with one attached hydrogen (secondary N) is 2. The number of fused-ring (bicyclic) bond motifs is 1. The summed E-state index contributed by atoms with van der Waals surface area (Å²) >= 11 is 14.0. The van der Waals surface area contributed by atoms with E-state index in [1.807, 2.05) is 25.1 Å². The van der Waals surface area contributed by atoms with E-state index in [0.717, 1.165) is 16.2 Å². The van der Waals surface area contributed by atoms with Crippen molar-refractivity contribution in [3.63, 3.8) is 0 Å². The number of rotatable bonds is 4. The Labute approximate surface area is 135 Å². The predicted molar refractivity (Wildman–Crippen MR) is 85.6 cm³/mol. The molecule has 0 aliphatic heterocycles. The number of carboxylic acid groups (broad SMARTS) is 1. The van der Waals surface area contributed by atoms with Crippen LogP contribution in [0.2, 0.25) is 0 Å². The van der Waals surface area contributed by atoms with Gasteiger partial charge in [0, 0.05) is 16.6 Å². The van der Waals surface area contributed by atoms with E-state index in [1.54, 1.807) is 11.8 Å². The molecule has 3 N–H and O–H groups in total. The van der Waals surface area contributed by atoms with Gasteiger partial charge in [-0.3, -0.25) is 5.32 Å². The summed E-state index contributed by atoms with van der Waals surface area (Å²) in [5, 5.41) is 10.9. The molecule has 1 fully saturated rings. The van der Waals surface area contributed by atoms with E-state index in [1.165, 1.54) is 0 Å². The lowest BCUT2D eigenvalue weighted by Gasteiger charge is -2.01. The molecule has 112 valence electrons. The minimum Gasteiger partial charge on any atom is -0.465 e. The maximum absolute atomic E-state index is 10.6. The molecule has 1 aromatic heterocycles. The number of imidazole rings is 1. The molecule has 0 spiro atoms. The number of halogens is 2. The molecule has 8 heteroatoms. The summed E-state index contributed by atoms with van der Waals surface area (Å²) < 4.78 is -0.594. The summed E-state index contributed by atoms with van der Waals surface area (Å²) in [6, 6.07) is 5.75. The van der Waals surface area contributed by atoms with Crippen LogP contribution in [0.15, 0.2) is 23.1 Å². The molecule has 5 nitrogen and oxygen atoms in total. The fourth-order valence-electron chi connectivity index (χ4n) is 2.24. The van der Waals surface area contributed by atoms with Crippen LogP contribution >= 0.6 is 35.0 Å². The van der Waals surface area contributed by atoms with E-state index in [9.17, 15) is 4.79 Å². The number of amides is 1. The fourth-order valence-corrected chi connectivity index (χ4v) is 4.42. The first kappa shape index (κ1) is 14.8. The third kappa shape index (κ3) is 2.93. The van der Waals surface area contributed by atoms with Crippen LogP contribution in [0.25, 0.3) is 11.0 Å². The van der Waals surface area contributed by atoms with Gasteiger partial charge in [-0.25, -0.2) is 9.78 Å². The second-order valence-electron chi connectivity index (χ2n) is 5.08. The van der Waals surface area contributed by atoms with Crippen LogP contribution in [-0.2, 0) is 0 Å². The van der Waals surface area contributed by atoms with Crippen molar-refractivity contribution in [2.24, 2.45) is 11.8 Å². The molecule has 2 aromatic rings. The highest BCUT2D eigenvalue weighted by Crippen LogP contribution is 2.60. The molecular formula is C13H13Cl2N3O2S. The fraction of sp³-hybridized carbons (Fsp3) is 0.385. The van der Waals surface area contributed by atoms with Crippen molar-refractivity contribution in [1.82, 2.24) is 9.97 Å². The molecule has 3 rings (SSSR count). The lowest BCUT2D eigenvalue weighted by Crippen LogP contribution is -2.08. The topological polar surface area (TPSA) is 78.0 Å². The number of thioether (sulfide) groups is 1. The Bertz CT molecular complexity index is 704. The molecule has 1 heterocycles. The second-order valence-corrected chi connectivity index (χ2v) is 7.61. The maximum atomic E-state index is 10.6. The SMILES string of the molecule is CC1C(CSc2ccc3nc(NC(=O)O)[nH]c3c2)C1(Cl)Cl. The van der Waals surface area contributed by atoms with E-state index in [0.29, 0.717) is 17.4 Å². The normalized spacial score (nSPS) is 23.2. The number of carbonyl (C=O) groups is 1. The van der Waals surface area contributed by atoms with Crippen molar-refractivity contribution in [1.29, 1.82) is 0 Å². The molecule has 0 saturated heterocycles. The van der Waals surface area contributed by atoms with Gasteiger partial charge in [0.15, 0.2) is 0 Å².